The van der Waals surface area contributed by atoms with Crippen LogP contribution in [0.25, 0.3) is 0 Å². The fourth-order valence-corrected chi connectivity index (χ4v) is 4.56. The van der Waals surface area contributed by atoms with E-state index in [1.165, 1.54) is 9.21 Å². The van der Waals surface area contributed by atoms with Crippen LogP contribution in [0.3, 0.4) is 0 Å². The minimum Gasteiger partial charge on any atom is -0.336 e. The molecule has 150 valence electrons. The zero-order valence-corrected chi connectivity index (χ0v) is 17.0. The highest BCUT2D eigenvalue weighted by atomic mass is 32.2. The van der Waals surface area contributed by atoms with Gasteiger partial charge in [0.15, 0.2) is 0 Å². The van der Waals surface area contributed by atoms with E-state index in [-0.39, 0.29) is 22.9 Å². The summed E-state index contributed by atoms with van der Waals surface area (Å²) < 4.78 is 26.5. The molecule has 1 aliphatic rings. The first-order valence-electron chi connectivity index (χ1n) is 9.17. The lowest BCUT2D eigenvalue weighted by atomic mass is 10.1. The van der Waals surface area contributed by atoms with Crippen molar-refractivity contribution in [1.82, 2.24) is 19.8 Å². The zero-order chi connectivity index (χ0) is 20.2. The Kier molecular flexibility index (Phi) is 6.96. The molecule has 2 N–H and O–H groups in total. The molecule has 1 aromatic carbocycles. The Morgan fingerprint density at radius 1 is 1.22 bits per heavy atom. The molecule has 1 fully saturated rings. The molecule has 2 rings (SSSR count). The summed E-state index contributed by atoms with van der Waals surface area (Å²) in [6, 6.07) is 5.57. The third-order valence-electron chi connectivity index (χ3n) is 4.72. The van der Waals surface area contributed by atoms with Crippen LogP contribution in [0.2, 0.25) is 0 Å². The molecule has 9 heteroatoms. The molecule has 0 unspecified atom stereocenters. The summed E-state index contributed by atoms with van der Waals surface area (Å²) in [7, 11) is -3.49. The molecular formula is C18H28N4O4S. The fraction of sp³-hybridized carbons (Fsp3) is 0.556. The number of nitrogens with zero attached hydrogens (tertiary/aromatic N) is 2. The second-order valence-corrected chi connectivity index (χ2v) is 8.43. The van der Waals surface area contributed by atoms with Crippen LogP contribution in [0.1, 0.15) is 39.3 Å². The molecule has 8 nitrogen and oxygen atoms in total. The molecule has 0 aliphatic carbocycles. The molecule has 1 aliphatic heterocycles. The van der Waals surface area contributed by atoms with Crippen LogP contribution in [-0.2, 0) is 14.8 Å². The first-order valence-corrected chi connectivity index (χ1v) is 10.6. The van der Waals surface area contributed by atoms with Crippen LogP contribution in [0, 0.1) is 0 Å². The Morgan fingerprint density at radius 3 is 2.30 bits per heavy atom. The zero-order valence-electron chi connectivity index (χ0n) is 16.2. The number of nitrogens with one attached hydrogen (secondary N) is 2. The molecule has 1 aromatic rings. The predicted molar refractivity (Wildman–Crippen MR) is 103 cm³/mol. The van der Waals surface area contributed by atoms with Crippen LogP contribution >= 0.6 is 0 Å². The van der Waals surface area contributed by atoms with Crippen LogP contribution in [0.5, 0.6) is 0 Å². The Hall–Kier alpha value is -1.97. The second kappa shape index (κ2) is 8.81. The van der Waals surface area contributed by atoms with Crippen molar-refractivity contribution in [2.45, 2.75) is 44.7 Å². The molecule has 0 saturated carbocycles. The normalized spacial score (nSPS) is 17.1. The van der Waals surface area contributed by atoms with Crippen LogP contribution in [-0.4, -0.2) is 61.8 Å². The molecule has 0 spiro atoms. The highest BCUT2D eigenvalue weighted by Gasteiger charge is 2.30. The maximum Gasteiger partial charge on any atom is 0.324 e. The van der Waals surface area contributed by atoms with E-state index < -0.39 is 16.1 Å². The van der Waals surface area contributed by atoms with Gasteiger partial charge in [0.25, 0.3) is 0 Å². The van der Waals surface area contributed by atoms with Gasteiger partial charge in [-0.05, 0) is 31.5 Å². The molecule has 27 heavy (non-hydrogen) atoms. The van der Waals surface area contributed by atoms with Crippen molar-refractivity contribution < 1.29 is 18.0 Å². The topological polar surface area (TPSA) is 98.8 Å². The fourth-order valence-electron chi connectivity index (χ4n) is 3.10. The summed E-state index contributed by atoms with van der Waals surface area (Å²) in [5.74, 6) is -0.280. The van der Waals surface area contributed by atoms with Gasteiger partial charge in [0.1, 0.15) is 0 Å². The van der Waals surface area contributed by atoms with Gasteiger partial charge >= 0.3 is 6.03 Å². The molecule has 1 heterocycles. The first kappa shape index (κ1) is 21.3. The number of benzene rings is 1. The number of hydrogen-bond donors (Lipinski definition) is 2. The van der Waals surface area contributed by atoms with Crippen molar-refractivity contribution in [2.24, 2.45) is 0 Å². The van der Waals surface area contributed by atoms with Gasteiger partial charge in [-0.2, -0.15) is 4.31 Å². The van der Waals surface area contributed by atoms with Crippen molar-refractivity contribution in [2.75, 3.05) is 26.2 Å². The van der Waals surface area contributed by atoms with Gasteiger partial charge in [0.05, 0.1) is 10.9 Å². The van der Waals surface area contributed by atoms with E-state index in [4.69, 9.17) is 0 Å². The average Bonchev–Trinajstić information content (AvgIpc) is 3.07. The van der Waals surface area contributed by atoms with Crippen molar-refractivity contribution in [1.29, 1.82) is 0 Å². The van der Waals surface area contributed by atoms with Gasteiger partial charge in [-0.25, -0.2) is 13.2 Å². The molecule has 1 saturated heterocycles. The lowest BCUT2D eigenvalue weighted by molar-refractivity contribution is -0.129. The lowest BCUT2D eigenvalue weighted by Crippen LogP contribution is -2.46. The van der Waals surface area contributed by atoms with Crippen LogP contribution < -0.4 is 10.6 Å². The monoisotopic (exact) mass is 396 g/mol. The summed E-state index contributed by atoms with van der Waals surface area (Å²) in [6.45, 7) is 8.89. The summed E-state index contributed by atoms with van der Waals surface area (Å²) in [4.78, 5) is 25.4. The summed E-state index contributed by atoms with van der Waals surface area (Å²) in [5.41, 5.74) is 0.860. The van der Waals surface area contributed by atoms with Crippen molar-refractivity contribution >= 4 is 22.0 Å². The van der Waals surface area contributed by atoms with Gasteiger partial charge in [0.2, 0.25) is 15.9 Å². The second-order valence-electron chi connectivity index (χ2n) is 6.49. The Bertz CT molecular complexity index is 775. The number of rotatable bonds is 8. The van der Waals surface area contributed by atoms with E-state index in [1.54, 1.807) is 45.0 Å². The first-order chi connectivity index (χ1) is 12.7. The summed E-state index contributed by atoms with van der Waals surface area (Å²) >= 11 is 0. The average molecular weight is 397 g/mol. The van der Waals surface area contributed by atoms with E-state index in [9.17, 15) is 18.0 Å². The summed E-state index contributed by atoms with van der Waals surface area (Å²) in [6.07, 6.45) is 0. The number of amides is 3. The van der Waals surface area contributed by atoms with Gasteiger partial charge in [-0.3, -0.25) is 15.0 Å². The van der Waals surface area contributed by atoms with Crippen LogP contribution in [0.4, 0.5) is 4.79 Å². The largest absolute Gasteiger partial charge is 0.336 e. The van der Waals surface area contributed by atoms with E-state index in [0.717, 1.165) is 5.56 Å². The molecule has 0 radical (unpaired) electrons. The number of carbonyl (C=O) groups excluding carboxylic acids is 2. The quantitative estimate of drug-likeness (QED) is 0.690. The number of imide groups is 1. The predicted octanol–water partition coefficient (Wildman–Crippen LogP) is 1.31. The van der Waals surface area contributed by atoms with Crippen molar-refractivity contribution in [3.05, 3.63) is 29.8 Å². The molecule has 0 aromatic heterocycles. The summed E-state index contributed by atoms with van der Waals surface area (Å²) in [5, 5.41) is 5.77. The SMILES string of the molecule is CCN(CC)S(=O)(=O)c1ccc([C@@H](C)N[C@H](C)C(=O)N2CCNC2=O)cc1. The number of hydrogen-bond acceptors (Lipinski definition) is 5. The molecular weight excluding hydrogens is 368 g/mol. The molecule has 3 amide bonds. The third-order valence-corrected chi connectivity index (χ3v) is 6.78. The Balaban J connectivity index is 2.06. The van der Waals surface area contributed by atoms with E-state index >= 15 is 0 Å². The molecule has 0 bridgehead atoms. The lowest BCUT2D eigenvalue weighted by Gasteiger charge is -2.23. The van der Waals surface area contributed by atoms with Crippen molar-refractivity contribution in [3.8, 4) is 0 Å². The van der Waals surface area contributed by atoms with Crippen LogP contribution in [0.15, 0.2) is 29.2 Å². The highest BCUT2D eigenvalue weighted by Crippen LogP contribution is 2.20. The number of urea groups is 1. The maximum absolute atomic E-state index is 12.5. The minimum atomic E-state index is -3.49. The number of carbonyl (C=O) groups is 2. The highest BCUT2D eigenvalue weighted by molar-refractivity contribution is 7.89. The van der Waals surface area contributed by atoms with Gasteiger partial charge in [-0.15, -0.1) is 0 Å². The molecule has 2 atom stereocenters. The minimum absolute atomic E-state index is 0.181. The Morgan fingerprint density at radius 2 is 1.81 bits per heavy atom. The Labute approximate surface area is 161 Å². The van der Waals surface area contributed by atoms with Gasteiger partial charge < -0.3 is 5.32 Å². The van der Waals surface area contributed by atoms with E-state index in [1.807, 2.05) is 6.92 Å². The van der Waals surface area contributed by atoms with Crippen molar-refractivity contribution in [3.63, 3.8) is 0 Å². The number of sulfonamides is 1. The third kappa shape index (κ3) is 4.66. The van der Waals surface area contributed by atoms with E-state index in [0.29, 0.717) is 26.2 Å². The van der Waals surface area contributed by atoms with E-state index in [2.05, 4.69) is 10.6 Å². The van der Waals surface area contributed by atoms with Gasteiger partial charge in [0, 0.05) is 32.2 Å². The van der Waals surface area contributed by atoms with Gasteiger partial charge in [-0.1, -0.05) is 26.0 Å². The smallest absolute Gasteiger partial charge is 0.324 e. The standard InChI is InChI=1S/C18H28N4O4S/c1-5-21(6-2)27(25,26)16-9-7-15(8-10-16)13(3)20-14(4)17(23)22-12-11-19-18(22)24/h7-10,13-14,20H,5-6,11-12H2,1-4H3,(H,19,24)/t13-,14-/m1/s1. The maximum atomic E-state index is 12.5.